The van der Waals surface area contributed by atoms with Crippen molar-refractivity contribution in [2.45, 2.75) is 53.1 Å². The van der Waals surface area contributed by atoms with Crippen molar-refractivity contribution in [2.75, 3.05) is 5.01 Å². The standard InChI is InChI=1S/C11H21N4O/c1-9(2)14-8-13(7-12-14)15(10(3)16)11(4,5)6/h7-9H,1-6H3/q+1. The lowest BCUT2D eigenvalue weighted by atomic mass is 10.1. The van der Waals surface area contributed by atoms with Gasteiger partial charge < -0.3 is 0 Å². The van der Waals surface area contributed by atoms with Gasteiger partial charge in [-0.3, -0.25) is 4.79 Å². The highest BCUT2D eigenvalue weighted by Crippen LogP contribution is 2.11. The van der Waals surface area contributed by atoms with Gasteiger partial charge in [0.25, 0.3) is 12.2 Å². The SMILES string of the molecule is CC(=O)N(n1cn[n+](C(C)C)c1)C(C)(C)C. The summed E-state index contributed by atoms with van der Waals surface area (Å²) in [4.78, 5) is 11.6. The van der Waals surface area contributed by atoms with Gasteiger partial charge in [-0.15, -0.1) is 9.36 Å². The molecule has 0 aliphatic rings. The van der Waals surface area contributed by atoms with Crippen LogP contribution in [-0.4, -0.2) is 21.2 Å². The average molecular weight is 225 g/mol. The molecule has 0 spiro atoms. The van der Waals surface area contributed by atoms with Crippen LogP contribution in [0.3, 0.4) is 0 Å². The third-order valence-corrected chi connectivity index (χ3v) is 2.23. The van der Waals surface area contributed by atoms with Crippen LogP contribution >= 0.6 is 0 Å². The molecule has 5 nitrogen and oxygen atoms in total. The van der Waals surface area contributed by atoms with Crippen molar-refractivity contribution >= 4 is 5.91 Å². The molecule has 0 atom stereocenters. The van der Waals surface area contributed by atoms with Crippen LogP contribution in [0.25, 0.3) is 0 Å². The van der Waals surface area contributed by atoms with E-state index in [4.69, 9.17) is 0 Å². The first-order chi connectivity index (χ1) is 7.23. The summed E-state index contributed by atoms with van der Waals surface area (Å²) < 4.78 is 3.56. The lowest BCUT2D eigenvalue weighted by Gasteiger charge is -2.29. The Kier molecular flexibility index (Phi) is 3.35. The highest BCUT2D eigenvalue weighted by molar-refractivity contribution is 5.84. The van der Waals surface area contributed by atoms with E-state index >= 15 is 0 Å². The van der Waals surface area contributed by atoms with Crippen LogP contribution in [0.5, 0.6) is 0 Å². The molecule has 0 unspecified atom stereocenters. The van der Waals surface area contributed by atoms with Crippen LogP contribution in [0.2, 0.25) is 0 Å². The van der Waals surface area contributed by atoms with E-state index in [9.17, 15) is 4.79 Å². The lowest BCUT2D eigenvalue weighted by molar-refractivity contribution is -0.769. The van der Waals surface area contributed by atoms with Crippen molar-refractivity contribution in [1.82, 2.24) is 9.77 Å². The van der Waals surface area contributed by atoms with E-state index in [0.29, 0.717) is 0 Å². The smallest absolute Gasteiger partial charge is 0.272 e. The Labute approximate surface area is 96.6 Å². The van der Waals surface area contributed by atoms with Gasteiger partial charge >= 0.3 is 0 Å². The quantitative estimate of drug-likeness (QED) is 0.706. The second-order valence-corrected chi connectivity index (χ2v) is 5.20. The molecule has 1 heterocycles. The van der Waals surface area contributed by atoms with Crippen LogP contribution in [0.15, 0.2) is 12.7 Å². The topological polar surface area (TPSA) is 42.0 Å². The minimum Gasteiger partial charge on any atom is -0.272 e. The summed E-state index contributed by atoms with van der Waals surface area (Å²) in [7, 11) is 0. The molecule has 0 fully saturated rings. The predicted octanol–water partition coefficient (Wildman–Crippen LogP) is 1.03. The summed E-state index contributed by atoms with van der Waals surface area (Å²) in [5.74, 6) is 0.000746. The Morgan fingerprint density at radius 1 is 1.44 bits per heavy atom. The molecule has 90 valence electrons. The third-order valence-electron chi connectivity index (χ3n) is 2.23. The molecule has 16 heavy (non-hydrogen) atoms. The first-order valence-electron chi connectivity index (χ1n) is 5.50. The number of nitrogens with zero attached hydrogens (tertiary/aromatic N) is 4. The number of rotatable bonds is 2. The van der Waals surface area contributed by atoms with Gasteiger partial charge in [-0.2, -0.15) is 5.01 Å². The number of carbonyl (C=O) groups is 1. The summed E-state index contributed by atoms with van der Waals surface area (Å²) in [6.07, 6.45) is 3.49. The van der Waals surface area contributed by atoms with Gasteiger partial charge in [-0.05, 0) is 39.7 Å². The summed E-state index contributed by atoms with van der Waals surface area (Å²) in [5, 5.41) is 5.90. The molecule has 0 saturated heterocycles. The van der Waals surface area contributed by atoms with E-state index in [0.717, 1.165) is 0 Å². The summed E-state index contributed by atoms with van der Waals surface area (Å²) in [6, 6.07) is 0.287. The number of amides is 1. The molecule has 1 aromatic heterocycles. The zero-order valence-corrected chi connectivity index (χ0v) is 10.9. The molecule has 0 bridgehead atoms. The number of carbonyl (C=O) groups excluding carboxylic acids is 1. The second kappa shape index (κ2) is 4.23. The first kappa shape index (κ1) is 12.7. The summed E-state index contributed by atoms with van der Waals surface area (Å²) in [6.45, 7) is 11.6. The zero-order valence-electron chi connectivity index (χ0n) is 10.9. The Morgan fingerprint density at radius 3 is 2.31 bits per heavy atom. The lowest BCUT2D eigenvalue weighted by Crippen LogP contribution is -2.52. The van der Waals surface area contributed by atoms with Crippen molar-refractivity contribution in [3.63, 3.8) is 0 Å². The van der Waals surface area contributed by atoms with Crippen molar-refractivity contribution in [3.8, 4) is 0 Å². The van der Waals surface area contributed by atoms with Gasteiger partial charge in [0.05, 0.1) is 5.54 Å². The van der Waals surface area contributed by atoms with Crippen molar-refractivity contribution in [3.05, 3.63) is 12.7 Å². The minimum atomic E-state index is -0.263. The molecule has 1 aromatic rings. The number of hydrogen-bond acceptors (Lipinski definition) is 2. The van der Waals surface area contributed by atoms with Crippen LogP contribution in [-0.2, 0) is 4.79 Å². The van der Waals surface area contributed by atoms with Gasteiger partial charge in [-0.1, -0.05) is 0 Å². The number of aromatic nitrogens is 3. The second-order valence-electron chi connectivity index (χ2n) is 5.20. The van der Waals surface area contributed by atoms with Crippen molar-refractivity contribution in [2.24, 2.45) is 0 Å². The van der Waals surface area contributed by atoms with Crippen molar-refractivity contribution in [1.29, 1.82) is 0 Å². The maximum Gasteiger partial charge on any atom is 0.290 e. The van der Waals surface area contributed by atoms with Crippen LogP contribution in [0.4, 0.5) is 0 Å². The van der Waals surface area contributed by atoms with Gasteiger partial charge in [-0.25, -0.2) is 0 Å². The number of hydrogen-bond donors (Lipinski definition) is 0. The molecular weight excluding hydrogens is 204 g/mol. The molecule has 0 radical (unpaired) electrons. The largest absolute Gasteiger partial charge is 0.290 e. The molecular formula is C11H21N4O+. The molecule has 5 heteroatoms. The van der Waals surface area contributed by atoms with E-state index in [2.05, 4.69) is 5.10 Å². The summed E-state index contributed by atoms with van der Waals surface area (Å²) in [5.41, 5.74) is -0.263. The molecule has 0 aliphatic heterocycles. The summed E-state index contributed by atoms with van der Waals surface area (Å²) >= 11 is 0. The van der Waals surface area contributed by atoms with E-state index < -0.39 is 0 Å². The van der Waals surface area contributed by atoms with E-state index in [-0.39, 0.29) is 17.5 Å². The highest BCUT2D eigenvalue weighted by Gasteiger charge is 2.30. The van der Waals surface area contributed by atoms with E-state index in [1.807, 2.05) is 45.6 Å². The molecule has 0 aromatic carbocycles. The average Bonchev–Trinajstić information content (AvgIpc) is 2.49. The normalized spacial score (nSPS) is 11.9. The van der Waals surface area contributed by atoms with Crippen LogP contribution in [0.1, 0.15) is 47.6 Å². The Bertz CT molecular complexity index is 376. The van der Waals surface area contributed by atoms with Crippen molar-refractivity contribution < 1.29 is 9.48 Å². The van der Waals surface area contributed by atoms with Crippen LogP contribution < -0.4 is 9.69 Å². The van der Waals surface area contributed by atoms with Gasteiger partial charge in [0.1, 0.15) is 6.04 Å². The molecule has 1 amide bonds. The molecule has 0 saturated carbocycles. The third kappa shape index (κ3) is 2.59. The Balaban J connectivity index is 3.08. The molecule has 1 rings (SSSR count). The molecule has 0 N–H and O–H groups in total. The Hall–Kier alpha value is -1.39. The highest BCUT2D eigenvalue weighted by atomic mass is 16.2. The fourth-order valence-corrected chi connectivity index (χ4v) is 1.64. The monoisotopic (exact) mass is 225 g/mol. The fraction of sp³-hybridized carbons (Fsp3) is 0.727. The van der Waals surface area contributed by atoms with Gasteiger partial charge in [0.15, 0.2) is 0 Å². The van der Waals surface area contributed by atoms with Gasteiger partial charge in [0.2, 0.25) is 6.33 Å². The van der Waals surface area contributed by atoms with E-state index in [1.54, 1.807) is 22.9 Å². The maximum atomic E-state index is 11.6. The Morgan fingerprint density at radius 2 is 2.00 bits per heavy atom. The predicted molar refractivity (Wildman–Crippen MR) is 61.5 cm³/mol. The van der Waals surface area contributed by atoms with E-state index in [1.165, 1.54) is 0 Å². The maximum absolute atomic E-state index is 11.6. The molecule has 0 aliphatic carbocycles. The fourth-order valence-electron chi connectivity index (χ4n) is 1.64. The van der Waals surface area contributed by atoms with Gasteiger partial charge in [0, 0.05) is 6.92 Å². The first-order valence-corrected chi connectivity index (χ1v) is 5.50. The zero-order chi connectivity index (χ0) is 12.5. The van der Waals surface area contributed by atoms with Crippen LogP contribution in [0, 0.1) is 0 Å². The minimum absolute atomic E-state index is 0.000746.